The summed E-state index contributed by atoms with van der Waals surface area (Å²) < 4.78 is 3.66. The molecule has 0 radical (unpaired) electrons. The number of thiazole rings is 1. The second-order valence-electron chi connectivity index (χ2n) is 4.19. The van der Waals surface area contributed by atoms with Gasteiger partial charge in [0.15, 0.2) is 16.5 Å². The third-order valence-corrected chi connectivity index (χ3v) is 3.71. The largest absolute Gasteiger partial charge is 0.354 e. The molecule has 0 aliphatic carbocycles. The third-order valence-electron chi connectivity index (χ3n) is 2.95. The molecule has 104 valence electrons. The summed E-state index contributed by atoms with van der Waals surface area (Å²) in [6.45, 7) is 0.669. The molecule has 0 saturated heterocycles. The number of carbonyl (C=O) groups is 1. The van der Waals surface area contributed by atoms with Gasteiger partial charge in [-0.1, -0.05) is 0 Å². The van der Waals surface area contributed by atoms with E-state index in [1.54, 1.807) is 35.3 Å². The molecule has 0 aromatic carbocycles. The summed E-state index contributed by atoms with van der Waals surface area (Å²) in [6, 6.07) is 1.68. The zero-order chi connectivity index (χ0) is 14.1. The summed E-state index contributed by atoms with van der Waals surface area (Å²) in [6.07, 6.45) is 3.72. The molecule has 1 amide bonds. The van der Waals surface area contributed by atoms with Crippen molar-refractivity contribution >= 4 is 22.2 Å². The standard InChI is InChI=1S/C12H14N6OS/c1-13-7-9-10(15-12-17(9)5-6-20-12)18-4-3-8(16-18)11(19)14-2/h3-6,13H,7H2,1-2H3,(H,14,19). The normalized spacial score (nSPS) is 11.1. The predicted molar refractivity (Wildman–Crippen MR) is 76.3 cm³/mol. The van der Waals surface area contributed by atoms with Crippen molar-refractivity contribution < 1.29 is 4.79 Å². The number of nitrogens with zero attached hydrogens (tertiary/aromatic N) is 4. The molecule has 0 bridgehead atoms. The minimum Gasteiger partial charge on any atom is -0.354 e. The van der Waals surface area contributed by atoms with Crippen molar-refractivity contribution in [3.05, 3.63) is 35.2 Å². The van der Waals surface area contributed by atoms with Gasteiger partial charge in [-0.05, 0) is 13.1 Å². The highest BCUT2D eigenvalue weighted by atomic mass is 32.1. The summed E-state index contributed by atoms with van der Waals surface area (Å²) in [4.78, 5) is 17.0. The van der Waals surface area contributed by atoms with Crippen LogP contribution in [0.1, 0.15) is 16.2 Å². The van der Waals surface area contributed by atoms with Gasteiger partial charge in [0.2, 0.25) is 0 Å². The Morgan fingerprint density at radius 2 is 2.25 bits per heavy atom. The van der Waals surface area contributed by atoms with Gasteiger partial charge in [-0.25, -0.2) is 4.68 Å². The molecule has 3 rings (SSSR count). The van der Waals surface area contributed by atoms with Crippen molar-refractivity contribution in [2.75, 3.05) is 14.1 Å². The van der Waals surface area contributed by atoms with E-state index in [1.807, 2.05) is 23.0 Å². The van der Waals surface area contributed by atoms with Gasteiger partial charge in [-0.15, -0.1) is 11.3 Å². The van der Waals surface area contributed by atoms with Gasteiger partial charge in [-0.2, -0.15) is 10.1 Å². The van der Waals surface area contributed by atoms with Crippen LogP contribution in [0.15, 0.2) is 23.8 Å². The fraction of sp³-hybridized carbons (Fsp3) is 0.250. The molecule has 20 heavy (non-hydrogen) atoms. The van der Waals surface area contributed by atoms with E-state index in [-0.39, 0.29) is 5.91 Å². The van der Waals surface area contributed by atoms with E-state index in [1.165, 1.54) is 0 Å². The molecule has 0 aliphatic rings. The number of carbonyl (C=O) groups excluding carboxylic acids is 1. The molecule has 0 atom stereocenters. The van der Waals surface area contributed by atoms with Gasteiger partial charge in [-0.3, -0.25) is 9.20 Å². The maximum absolute atomic E-state index is 11.6. The first-order valence-corrected chi connectivity index (χ1v) is 6.99. The lowest BCUT2D eigenvalue weighted by atomic mass is 10.4. The molecule has 0 fully saturated rings. The number of fused-ring (bicyclic) bond motifs is 1. The Hall–Kier alpha value is -2.19. The number of hydrogen-bond acceptors (Lipinski definition) is 5. The first-order chi connectivity index (χ1) is 9.74. The smallest absolute Gasteiger partial charge is 0.271 e. The lowest BCUT2D eigenvalue weighted by molar-refractivity contribution is 0.0957. The van der Waals surface area contributed by atoms with Gasteiger partial charge in [0.05, 0.1) is 5.69 Å². The summed E-state index contributed by atoms with van der Waals surface area (Å²) in [5, 5.41) is 11.9. The van der Waals surface area contributed by atoms with E-state index in [9.17, 15) is 4.79 Å². The van der Waals surface area contributed by atoms with E-state index >= 15 is 0 Å². The van der Waals surface area contributed by atoms with Crippen molar-refractivity contribution in [3.8, 4) is 5.82 Å². The Labute approximate surface area is 119 Å². The second-order valence-corrected chi connectivity index (χ2v) is 5.07. The molecular formula is C12H14N6OS. The summed E-state index contributed by atoms with van der Waals surface area (Å²) in [5.41, 5.74) is 1.38. The Balaban J connectivity index is 2.08. The first kappa shape index (κ1) is 12.8. The number of imidazole rings is 1. The van der Waals surface area contributed by atoms with E-state index in [0.717, 1.165) is 16.5 Å². The van der Waals surface area contributed by atoms with Crippen LogP contribution in [0.25, 0.3) is 10.8 Å². The minimum atomic E-state index is -0.208. The monoisotopic (exact) mass is 290 g/mol. The number of nitrogens with one attached hydrogen (secondary N) is 2. The van der Waals surface area contributed by atoms with Gasteiger partial charge in [0, 0.05) is 31.4 Å². The van der Waals surface area contributed by atoms with Gasteiger partial charge in [0.25, 0.3) is 5.91 Å². The lowest BCUT2D eigenvalue weighted by Crippen LogP contribution is -2.18. The molecule has 2 N–H and O–H groups in total. The number of amides is 1. The van der Waals surface area contributed by atoms with E-state index < -0.39 is 0 Å². The number of hydrogen-bond donors (Lipinski definition) is 2. The van der Waals surface area contributed by atoms with E-state index in [2.05, 4.69) is 20.7 Å². The van der Waals surface area contributed by atoms with Crippen molar-refractivity contribution in [2.24, 2.45) is 0 Å². The molecule has 3 heterocycles. The van der Waals surface area contributed by atoms with Crippen LogP contribution in [0.4, 0.5) is 0 Å². The highest BCUT2D eigenvalue weighted by Crippen LogP contribution is 2.20. The average molecular weight is 290 g/mol. The van der Waals surface area contributed by atoms with Crippen LogP contribution in [-0.2, 0) is 6.54 Å². The third kappa shape index (κ3) is 1.98. The molecule has 7 nitrogen and oxygen atoms in total. The second kappa shape index (κ2) is 5.06. The SMILES string of the molecule is CNCc1c(-n2ccc(C(=O)NC)n2)nc2sccn12. The molecular weight excluding hydrogens is 276 g/mol. The fourth-order valence-corrected chi connectivity index (χ4v) is 2.76. The average Bonchev–Trinajstić information content (AvgIpc) is 3.14. The molecule has 0 saturated carbocycles. The zero-order valence-electron chi connectivity index (χ0n) is 11.1. The molecule has 3 aromatic rings. The Morgan fingerprint density at radius 3 is 3.00 bits per heavy atom. The zero-order valence-corrected chi connectivity index (χ0v) is 11.9. The van der Waals surface area contributed by atoms with E-state index in [4.69, 9.17) is 0 Å². The Morgan fingerprint density at radius 1 is 1.40 bits per heavy atom. The number of rotatable bonds is 4. The fourth-order valence-electron chi connectivity index (χ4n) is 2.03. The predicted octanol–water partition coefficient (Wildman–Crippen LogP) is 0.660. The number of aromatic nitrogens is 4. The molecule has 0 unspecified atom stereocenters. The van der Waals surface area contributed by atoms with Crippen molar-refractivity contribution in [2.45, 2.75) is 6.54 Å². The summed E-state index contributed by atoms with van der Waals surface area (Å²) in [5.74, 6) is 0.529. The van der Waals surface area contributed by atoms with Gasteiger partial charge >= 0.3 is 0 Å². The minimum absolute atomic E-state index is 0.208. The molecule has 0 spiro atoms. The van der Waals surface area contributed by atoms with Crippen LogP contribution in [0.3, 0.4) is 0 Å². The molecule has 0 aliphatic heterocycles. The van der Waals surface area contributed by atoms with Crippen LogP contribution < -0.4 is 10.6 Å². The molecule has 3 aromatic heterocycles. The van der Waals surface area contributed by atoms with Crippen molar-refractivity contribution in [3.63, 3.8) is 0 Å². The lowest BCUT2D eigenvalue weighted by Gasteiger charge is -2.03. The quantitative estimate of drug-likeness (QED) is 0.740. The van der Waals surface area contributed by atoms with E-state index in [0.29, 0.717) is 12.2 Å². The highest BCUT2D eigenvalue weighted by Gasteiger charge is 2.16. The van der Waals surface area contributed by atoms with Crippen LogP contribution in [0, 0.1) is 0 Å². The maximum Gasteiger partial charge on any atom is 0.271 e. The summed E-state index contributed by atoms with van der Waals surface area (Å²) in [7, 11) is 3.47. The van der Waals surface area contributed by atoms with Gasteiger partial charge < -0.3 is 10.6 Å². The van der Waals surface area contributed by atoms with Crippen LogP contribution in [0.2, 0.25) is 0 Å². The maximum atomic E-state index is 11.6. The highest BCUT2D eigenvalue weighted by molar-refractivity contribution is 7.15. The van der Waals surface area contributed by atoms with Crippen LogP contribution in [0.5, 0.6) is 0 Å². The Bertz CT molecular complexity index is 755. The van der Waals surface area contributed by atoms with Crippen LogP contribution >= 0.6 is 11.3 Å². The summed E-state index contributed by atoms with van der Waals surface area (Å²) >= 11 is 1.56. The van der Waals surface area contributed by atoms with Crippen LogP contribution in [-0.4, -0.2) is 39.2 Å². The first-order valence-electron chi connectivity index (χ1n) is 6.11. The van der Waals surface area contributed by atoms with Crippen molar-refractivity contribution in [1.82, 2.24) is 29.8 Å². The van der Waals surface area contributed by atoms with Gasteiger partial charge in [0.1, 0.15) is 0 Å². The van der Waals surface area contributed by atoms with Crippen molar-refractivity contribution in [1.29, 1.82) is 0 Å². The topological polar surface area (TPSA) is 76.2 Å². The molecule has 8 heteroatoms. The Kier molecular flexibility index (Phi) is 3.25.